The first-order valence-corrected chi connectivity index (χ1v) is 7.34. The first-order valence-electron chi connectivity index (χ1n) is 5.45. The molecule has 0 spiro atoms. The number of sulfone groups is 1. The molecule has 0 aliphatic heterocycles. The van der Waals surface area contributed by atoms with E-state index in [-0.39, 0.29) is 12.0 Å². The molecule has 102 valence electrons. The second-order valence-electron chi connectivity index (χ2n) is 4.92. The molecule has 0 saturated carbocycles. The van der Waals surface area contributed by atoms with E-state index in [0.29, 0.717) is 0 Å². The van der Waals surface area contributed by atoms with E-state index < -0.39 is 32.3 Å². The zero-order chi connectivity index (χ0) is 14.1. The molecule has 0 radical (unpaired) electrons. The third-order valence-electron chi connectivity index (χ3n) is 3.30. The summed E-state index contributed by atoms with van der Waals surface area (Å²) in [7, 11) is -3.39. The van der Waals surface area contributed by atoms with Gasteiger partial charge in [0.15, 0.2) is 9.84 Å². The number of rotatable bonds is 4. The summed E-state index contributed by atoms with van der Waals surface area (Å²) in [4.78, 5) is 0. The zero-order valence-electron chi connectivity index (χ0n) is 10.6. The van der Waals surface area contributed by atoms with Crippen LogP contribution in [0, 0.1) is 11.6 Å². The molecule has 1 atom stereocenters. The van der Waals surface area contributed by atoms with Gasteiger partial charge >= 0.3 is 0 Å². The lowest BCUT2D eigenvalue weighted by Crippen LogP contribution is -2.50. The molecule has 0 amide bonds. The van der Waals surface area contributed by atoms with E-state index in [4.69, 9.17) is 5.73 Å². The van der Waals surface area contributed by atoms with Gasteiger partial charge in [-0.05, 0) is 44.0 Å². The minimum absolute atomic E-state index is 0.0380. The molecule has 0 saturated heterocycles. The van der Waals surface area contributed by atoms with Crippen LogP contribution in [0.1, 0.15) is 19.4 Å². The van der Waals surface area contributed by atoms with Gasteiger partial charge in [0.05, 0.1) is 4.75 Å². The largest absolute Gasteiger partial charge is 0.326 e. The molecule has 6 heteroatoms. The molecule has 1 aromatic rings. The van der Waals surface area contributed by atoms with Crippen molar-refractivity contribution >= 4 is 9.84 Å². The third kappa shape index (κ3) is 3.05. The van der Waals surface area contributed by atoms with E-state index in [0.717, 1.165) is 24.5 Å². The quantitative estimate of drug-likeness (QED) is 0.910. The Labute approximate surface area is 106 Å². The maximum absolute atomic E-state index is 13.4. The highest BCUT2D eigenvalue weighted by Crippen LogP contribution is 2.22. The highest BCUT2D eigenvalue weighted by atomic mass is 32.2. The molecular formula is C12H17F2NO2S. The van der Waals surface area contributed by atoms with Crippen LogP contribution in [-0.2, 0) is 16.3 Å². The van der Waals surface area contributed by atoms with Gasteiger partial charge in [0.2, 0.25) is 0 Å². The van der Waals surface area contributed by atoms with Crippen LogP contribution < -0.4 is 5.73 Å². The Balaban J connectivity index is 3.02. The normalized spacial score (nSPS) is 14.6. The second kappa shape index (κ2) is 4.93. The van der Waals surface area contributed by atoms with Crippen molar-refractivity contribution in [3.8, 4) is 0 Å². The molecule has 1 aromatic carbocycles. The number of halogens is 2. The number of nitrogens with two attached hydrogens (primary N) is 1. The highest BCUT2D eigenvalue weighted by Gasteiger charge is 2.37. The predicted molar refractivity (Wildman–Crippen MR) is 67.0 cm³/mol. The minimum Gasteiger partial charge on any atom is -0.326 e. The summed E-state index contributed by atoms with van der Waals surface area (Å²) in [5, 5.41) is 0. The Morgan fingerprint density at radius 1 is 1.33 bits per heavy atom. The first kappa shape index (κ1) is 15.0. The third-order valence-corrected chi connectivity index (χ3v) is 5.51. The van der Waals surface area contributed by atoms with E-state index in [1.54, 1.807) is 0 Å². The van der Waals surface area contributed by atoms with Crippen molar-refractivity contribution < 1.29 is 17.2 Å². The molecule has 2 N–H and O–H groups in total. The highest BCUT2D eigenvalue weighted by molar-refractivity contribution is 7.92. The molecule has 0 fully saturated rings. The maximum atomic E-state index is 13.4. The van der Waals surface area contributed by atoms with E-state index in [9.17, 15) is 17.2 Å². The molecule has 0 heterocycles. The topological polar surface area (TPSA) is 60.2 Å². The van der Waals surface area contributed by atoms with Gasteiger partial charge in [0.1, 0.15) is 11.6 Å². The Kier molecular flexibility index (Phi) is 4.12. The molecule has 0 aromatic heterocycles. The first-order chi connectivity index (χ1) is 8.05. The fourth-order valence-corrected chi connectivity index (χ4v) is 2.09. The summed E-state index contributed by atoms with van der Waals surface area (Å²) in [6.07, 6.45) is 1.04. The molecule has 1 unspecified atom stereocenters. The average molecular weight is 277 g/mol. The van der Waals surface area contributed by atoms with Crippen LogP contribution in [0.2, 0.25) is 0 Å². The summed E-state index contributed by atoms with van der Waals surface area (Å²) in [6.45, 7) is 2.95. The Bertz CT molecular complexity index is 541. The van der Waals surface area contributed by atoms with Crippen LogP contribution in [0.3, 0.4) is 0 Å². The zero-order valence-corrected chi connectivity index (χ0v) is 11.4. The van der Waals surface area contributed by atoms with Crippen molar-refractivity contribution in [1.82, 2.24) is 0 Å². The van der Waals surface area contributed by atoms with E-state index in [1.165, 1.54) is 13.8 Å². The molecule has 3 nitrogen and oxygen atoms in total. The number of hydrogen-bond donors (Lipinski definition) is 1. The summed E-state index contributed by atoms with van der Waals surface area (Å²) < 4.78 is 48.4. The summed E-state index contributed by atoms with van der Waals surface area (Å²) in [5.74, 6) is -1.16. The molecule has 1 rings (SSSR count). The van der Waals surface area contributed by atoms with Gasteiger partial charge in [-0.3, -0.25) is 0 Å². The summed E-state index contributed by atoms with van der Waals surface area (Å²) >= 11 is 0. The lowest BCUT2D eigenvalue weighted by atomic mass is 9.96. The Hall–Kier alpha value is -1.01. The summed E-state index contributed by atoms with van der Waals surface area (Å²) in [5.41, 5.74) is 5.90. The Morgan fingerprint density at radius 3 is 2.39 bits per heavy atom. The smallest absolute Gasteiger partial charge is 0.154 e. The molecule has 0 aliphatic carbocycles. The standard InChI is InChI=1S/C12H17F2NO2S/c1-12(2,18(3,16)17)11(15)7-8-6-9(13)4-5-10(8)14/h4-6,11H,7,15H2,1-3H3. The van der Waals surface area contributed by atoms with Crippen LogP contribution in [-0.4, -0.2) is 25.5 Å². The summed E-state index contributed by atoms with van der Waals surface area (Å²) in [6, 6.07) is 2.23. The lowest BCUT2D eigenvalue weighted by Gasteiger charge is -2.29. The van der Waals surface area contributed by atoms with Gasteiger partial charge in [-0.2, -0.15) is 0 Å². The minimum atomic E-state index is -3.39. The fraction of sp³-hybridized carbons (Fsp3) is 0.500. The van der Waals surface area contributed by atoms with Crippen molar-refractivity contribution in [2.45, 2.75) is 31.1 Å². The van der Waals surface area contributed by atoms with Gasteiger partial charge in [0, 0.05) is 12.3 Å². The van der Waals surface area contributed by atoms with Crippen LogP contribution >= 0.6 is 0 Å². The number of benzene rings is 1. The van der Waals surface area contributed by atoms with E-state index in [1.807, 2.05) is 0 Å². The van der Waals surface area contributed by atoms with Crippen LogP contribution in [0.4, 0.5) is 8.78 Å². The van der Waals surface area contributed by atoms with E-state index in [2.05, 4.69) is 0 Å². The van der Waals surface area contributed by atoms with Gasteiger partial charge in [0.25, 0.3) is 0 Å². The average Bonchev–Trinajstić information content (AvgIpc) is 2.21. The van der Waals surface area contributed by atoms with E-state index >= 15 is 0 Å². The van der Waals surface area contributed by atoms with Crippen molar-refractivity contribution in [3.05, 3.63) is 35.4 Å². The molecule has 18 heavy (non-hydrogen) atoms. The monoisotopic (exact) mass is 277 g/mol. The second-order valence-corrected chi connectivity index (χ2v) is 7.52. The van der Waals surface area contributed by atoms with Crippen LogP contribution in [0.15, 0.2) is 18.2 Å². The van der Waals surface area contributed by atoms with Crippen LogP contribution in [0.25, 0.3) is 0 Å². The molecule has 0 aliphatic rings. The fourth-order valence-electron chi connectivity index (χ4n) is 1.46. The lowest BCUT2D eigenvalue weighted by molar-refractivity contribution is 0.473. The van der Waals surface area contributed by atoms with Crippen molar-refractivity contribution in [2.24, 2.45) is 5.73 Å². The van der Waals surface area contributed by atoms with Crippen LogP contribution in [0.5, 0.6) is 0 Å². The SMILES string of the molecule is CC(C)(C(N)Cc1cc(F)ccc1F)S(C)(=O)=O. The number of hydrogen-bond acceptors (Lipinski definition) is 3. The van der Waals surface area contributed by atoms with Crippen molar-refractivity contribution in [3.63, 3.8) is 0 Å². The van der Waals surface area contributed by atoms with Crippen molar-refractivity contribution in [1.29, 1.82) is 0 Å². The molecule has 0 bridgehead atoms. The predicted octanol–water partition coefficient (Wildman–Crippen LogP) is 1.66. The van der Waals surface area contributed by atoms with Crippen molar-refractivity contribution in [2.75, 3.05) is 6.26 Å². The van der Waals surface area contributed by atoms with Gasteiger partial charge in [-0.15, -0.1) is 0 Å². The van der Waals surface area contributed by atoms with Gasteiger partial charge in [-0.1, -0.05) is 0 Å². The molecular weight excluding hydrogens is 260 g/mol. The maximum Gasteiger partial charge on any atom is 0.154 e. The Morgan fingerprint density at radius 2 is 1.89 bits per heavy atom. The van der Waals surface area contributed by atoms with Gasteiger partial charge in [-0.25, -0.2) is 17.2 Å². The van der Waals surface area contributed by atoms with Gasteiger partial charge < -0.3 is 5.73 Å².